The lowest BCUT2D eigenvalue weighted by Crippen LogP contribution is -2.26. The first-order valence-electron chi connectivity index (χ1n) is 4.32. The minimum atomic E-state index is -0.338. The molecule has 5 heteroatoms. The Kier molecular flexibility index (Phi) is 2.62. The monoisotopic (exact) mass is 224 g/mol. The number of hydroxylamine groups is 1. The van der Waals surface area contributed by atoms with Crippen molar-refractivity contribution >= 4 is 28.5 Å². The van der Waals surface area contributed by atoms with Crippen LogP contribution in [0.1, 0.15) is 0 Å². The van der Waals surface area contributed by atoms with Crippen molar-refractivity contribution in [3.8, 4) is 0 Å². The molecule has 0 unspecified atom stereocenters. The zero-order chi connectivity index (χ0) is 10.8. The van der Waals surface area contributed by atoms with Gasteiger partial charge in [0.05, 0.1) is 12.6 Å². The lowest BCUT2D eigenvalue weighted by Gasteiger charge is -2.04. The summed E-state index contributed by atoms with van der Waals surface area (Å²) in [6, 6.07) is 6.80. The number of halogens is 1. The zero-order valence-electron chi connectivity index (χ0n) is 8.03. The number of benzene rings is 1. The van der Waals surface area contributed by atoms with Crippen molar-refractivity contribution < 1.29 is 9.63 Å². The van der Waals surface area contributed by atoms with Crippen LogP contribution in [0.4, 0.5) is 4.79 Å². The maximum absolute atomic E-state index is 11.5. The molecule has 1 aromatic carbocycles. The minimum absolute atomic E-state index is 0.338. The molecule has 78 valence electrons. The highest BCUT2D eigenvalue weighted by Gasteiger charge is 2.07. The molecule has 0 aliphatic heterocycles. The van der Waals surface area contributed by atoms with Crippen molar-refractivity contribution in [2.75, 3.05) is 7.11 Å². The van der Waals surface area contributed by atoms with Crippen LogP contribution in [0.15, 0.2) is 30.5 Å². The Morgan fingerprint density at radius 2 is 2.27 bits per heavy atom. The number of hydrogen-bond acceptors (Lipinski definition) is 2. The largest absolute Gasteiger partial charge is 0.349 e. The zero-order valence-corrected chi connectivity index (χ0v) is 8.78. The summed E-state index contributed by atoms with van der Waals surface area (Å²) in [5.74, 6) is 0. The van der Waals surface area contributed by atoms with Crippen molar-refractivity contribution in [1.82, 2.24) is 10.0 Å². The number of amides is 1. The molecule has 1 aromatic heterocycles. The molecule has 15 heavy (non-hydrogen) atoms. The first-order valence-corrected chi connectivity index (χ1v) is 4.70. The molecular weight excluding hydrogens is 216 g/mol. The van der Waals surface area contributed by atoms with Crippen LogP contribution in [0, 0.1) is 0 Å². The molecule has 0 saturated carbocycles. The van der Waals surface area contributed by atoms with Gasteiger partial charge in [-0.05, 0) is 24.3 Å². The van der Waals surface area contributed by atoms with Gasteiger partial charge in [0.25, 0.3) is 0 Å². The minimum Gasteiger partial charge on any atom is -0.275 e. The van der Waals surface area contributed by atoms with Gasteiger partial charge in [0.2, 0.25) is 0 Å². The predicted octanol–water partition coefficient (Wildman–Crippen LogP) is 2.41. The molecule has 0 saturated heterocycles. The van der Waals surface area contributed by atoms with Gasteiger partial charge in [-0.15, -0.1) is 0 Å². The number of fused-ring (bicyclic) bond motifs is 1. The lowest BCUT2D eigenvalue weighted by atomic mass is 10.2. The molecule has 0 atom stereocenters. The molecule has 4 nitrogen and oxygen atoms in total. The van der Waals surface area contributed by atoms with E-state index < -0.39 is 0 Å². The molecule has 2 aromatic rings. The summed E-state index contributed by atoms with van der Waals surface area (Å²) in [6.07, 6.45) is 1.66. The summed E-state index contributed by atoms with van der Waals surface area (Å²) in [7, 11) is 1.39. The van der Waals surface area contributed by atoms with E-state index in [1.807, 2.05) is 6.07 Å². The molecule has 0 spiro atoms. The predicted molar refractivity (Wildman–Crippen MR) is 57.9 cm³/mol. The van der Waals surface area contributed by atoms with Crippen molar-refractivity contribution in [3.05, 3.63) is 35.5 Å². The van der Waals surface area contributed by atoms with E-state index in [0.29, 0.717) is 5.02 Å². The number of rotatable bonds is 1. The Balaban J connectivity index is 2.49. The summed E-state index contributed by atoms with van der Waals surface area (Å²) >= 11 is 5.83. The van der Waals surface area contributed by atoms with E-state index in [0.717, 1.165) is 10.9 Å². The van der Waals surface area contributed by atoms with E-state index >= 15 is 0 Å². The molecule has 0 aliphatic rings. The number of hydrogen-bond donors (Lipinski definition) is 1. The van der Waals surface area contributed by atoms with Crippen LogP contribution in [0.5, 0.6) is 0 Å². The average Bonchev–Trinajstić information content (AvgIpc) is 2.60. The van der Waals surface area contributed by atoms with Crippen molar-refractivity contribution in [2.24, 2.45) is 0 Å². The third-order valence-corrected chi connectivity index (χ3v) is 2.30. The lowest BCUT2D eigenvalue weighted by molar-refractivity contribution is 0.109. The Hall–Kier alpha value is -1.52. The molecular formula is C10H9ClN2O2. The first-order chi connectivity index (χ1) is 7.22. The normalized spacial score (nSPS) is 10.5. The smallest absolute Gasteiger partial charge is 0.275 e. The second kappa shape index (κ2) is 3.92. The van der Waals surface area contributed by atoms with E-state index in [1.54, 1.807) is 24.4 Å². The van der Waals surface area contributed by atoms with Crippen LogP contribution in [-0.2, 0) is 4.84 Å². The second-order valence-corrected chi connectivity index (χ2v) is 3.44. The summed E-state index contributed by atoms with van der Waals surface area (Å²) in [5.41, 5.74) is 3.03. The fraction of sp³-hybridized carbons (Fsp3) is 0.100. The quantitative estimate of drug-likeness (QED) is 0.756. The maximum Gasteiger partial charge on any atom is 0.349 e. The van der Waals surface area contributed by atoms with Gasteiger partial charge in [0, 0.05) is 16.6 Å². The molecule has 1 N–H and O–H groups in total. The van der Waals surface area contributed by atoms with Crippen LogP contribution in [0.25, 0.3) is 10.9 Å². The third-order valence-electron chi connectivity index (χ3n) is 2.06. The van der Waals surface area contributed by atoms with E-state index in [9.17, 15) is 4.79 Å². The van der Waals surface area contributed by atoms with Crippen molar-refractivity contribution in [1.29, 1.82) is 0 Å². The van der Waals surface area contributed by atoms with E-state index in [2.05, 4.69) is 10.3 Å². The van der Waals surface area contributed by atoms with Gasteiger partial charge in [-0.25, -0.2) is 10.3 Å². The fourth-order valence-corrected chi connectivity index (χ4v) is 1.61. The van der Waals surface area contributed by atoms with Crippen LogP contribution in [0.2, 0.25) is 5.02 Å². The van der Waals surface area contributed by atoms with E-state index in [1.165, 1.54) is 11.7 Å². The molecule has 0 bridgehead atoms. The molecule has 1 amide bonds. The third kappa shape index (κ3) is 1.82. The van der Waals surface area contributed by atoms with E-state index in [4.69, 9.17) is 11.6 Å². The molecule has 0 fully saturated rings. The highest BCUT2D eigenvalue weighted by atomic mass is 35.5. The summed E-state index contributed by atoms with van der Waals surface area (Å²) in [6.45, 7) is 0. The summed E-state index contributed by atoms with van der Waals surface area (Å²) < 4.78 is 1.45. The first kappa shape index (κ1) is 10.0. The highest BCUT2D eigenvalue weighted by Crippen LogP contribution is 2.20. The van der Waals surface area contributed by atoms with Gasteiger partial charge in [-0.2, -0.15) is 0 Å². The molecule has 0 aliphatic carbocycles. The standard InChI is InChI=1S/C10H9ClN2O2/c1-15-12-10(14)13-5-4-7-6-8(11)2-3-9(7)13/h2-6H,1H3,(H,12,14). The Labute approximate surface area is 91.3 Å². The van der Waals surface area contributed by atoms with Crippen LogP contribution >= 0.6 is 11.6 Å². The highest BCUT2D eigenvalue weighted by molar-refractivity contribution is 6.31. The number of nitrogens with one attached hydrogen (secondary N) is 1. The summed E-state index contributed by atoms with van der Waals surface area (Å²) in [4.78, 5) is 16.1. The van der Waals surface area contributed by atoms with Gasteiger partial charge in [0.1, 0.15) is 0 Å². The van der Waals surface area contributed by atoms with Gasteiger partial charge in [0.15, 0.2) is 0 Å². The maximum atomic E-state index is 11.5. The van der Waals surface area contributed by atoms with Crippen molar-refractivity contribution in [2.45, 2.75) is 0 Å². The van der Waals surface area contributed by atoms with Gasteiger partial charge in [-0.1, -0.05) is 11.6 Å². The Bertz CT molecular complexity index is 507. The van der Waals surface area contributed by atoms with Gasteiger partial charge < -0.3 is 0 Å². The fourth-order valence-electron chi connectivity index (χ4n) is 1.43. The van der Waals surface area contributed by atoms with Crippen LogP contribution in [-0.4, -0.2) is 17.7 Å². The summed E-state index contributed by atoms with van der Waals surface area (Å²) in [5, 5.41) is 1.56. The second-order valence-electron chi connectivity index (χ2n) is 3.00. The van der Waals surface area contributed by atoms with Crippen LogP contribution in [0.3, 0.4) is 0 Å². The van der Waals surface area contributed by atoms with Gasteiger partial charge in [-0.3, -0.25) is 9.40 Å². The number of nitrogens with zero attached hydrogens (tertiary/aromatic N) is 1. The van der Waals surface area contributed by atoms with E-state index in [-0.39, 0.29) is 6.03 Å². The number of carbonyl (C=O) groups is 1. The SMILES string of the molecule is CONC(=O)n1ccc2cc(Cl)ccc21. The number of aromatic nitrogens is 1. The Morgan fingerprint density at radius 1 is 1.47 bits per heavy atom. The average molecular weight is 225 g/mol. The molecule has 1 heterocycles. The molecule has 0 radical (unpaired) electrons. The van der Waals surface area contributed by atoms with Crippen molar-refractivity contribution in [3.63, 3.8) is 0 Å². The van der Waals surface area contributed by atoms with Crippen LogP contribution < -0.4 is 5.48 Å². The topological polar surface area (TPSA) is 43.3 Å². The molecule has 2 rings (SSSR count). The Morgan fingerprint density at radius 3 is 3.00 bits per heavy atom. The van der Waals surface area contributed by atoms with Gasteiger partial charge >= 0.3 is 6.03 Å². The number of carbonyl (C=O) groups excluding carboxylic acids is 1.